The van der Waals surface area contributed by atoms with Crippen LogP contribution in [0.2, 0.25) is 0 Å². The number of hydrogen-bond donors (Lipinski definition) is 0. The van der Waals surface area contributed by atoms with Gasteiger partial charge < -0.3 is 0 Å². The van der Waals surface area contributed by atoms with Crippen molar-refractivity contribution in [2.75, 3.05) is 0 Å². The highest BCUT2D eigenvalue weighted by Crippen LogP contribution is 2.51. The van der Waals surface area contributed by atoms with Crippen LogP contribution < -0.4 is 0 Å². The molecule has 0 radical (unpaired) electrons. The van der Waals surface area contributed by atoms with Gasteiger partial charge in [0.1, 0.15) is 0 Å². The van der Waals surface area contributed by atoms with Crippen LogP contribution in [0.5, 0.6) is 0 Å². The van der Waals surface area contributed by atoms with Crippen molar-refractivity contribution in [3.05, 3.63) is 205 Å². The van der Waals surface area contributed by atoms with E-state index in [4.69, 9.17) is 21.5 Å². The van der Waals surface area contributed by atoms with E-state index in [-0.39, 0.29) is 5.41 Å². The quantitative estimate of drug-likeness (QED) is 0.160. The normalized spacial score (nSPS) is 12.5. The molecule has 0 N–H and O–H groups in total. The van der Waals surface area contributed by atoms with E-state index in [0.29, 0.717) is 23.2 Å². The van der Waals surface area contributed by atoms with Crippen LogP contribution in [0, 0.1) is 6.57 Å². The lowest BCUT2D eigenvalue weighted by Gasteiger charge is -2.22. The first-order valence-electron chi connectivity index (χ1n) is 19.2. The molecule has 4 heteroatoms. The van der Waals surface area contributed by atoms with E-state index in [1.807, 2.05) is 66.7 Å². The average Bonchev–Trinajstić information content (AvgIpc) is 3.51. The first kappa shape index (κ1) is 34.0. The lowest BCUT2D eigenvalue weighted by molar-refractivity contribution is 0.661. The minimum Gasteiger partial charge on any atom is -0.238 e. The molecule has 0 saturated carbocycles. The molecule has 0 atom stereocenters. The second-order valence-corrected chi connectivity index (χ2v) is 15.1. The number of rotatable bonds is 6. The highest BCUT2D eigenvalue weighted by atomic mass is 15.0. The molecule has 1 aromatic heterocycles. The molecule has 0 amide bonds. The molecule has 8 aromatic carbocycles. The summed E-state index contributed by atoms with van der Waals surface area (Å²) >= 11 is 0. The topological polar surface area (TPSA) is 43.0 Å². The highest BCUT2D eigenvalue weighted by molar-refractivity contribution is 6.04. The zero-order valence-corrected chi connectivity index (χ0v) is 31.6. The number of hydrogen-bond acceptors (Lipinski definition) is 3. The molecule has 1 heterocycles. The van der Waals surface area contributed by atoms with E-state index in [2.05, 4.69) is 134 Å². The maximum Gasteiger partial charge on any atom is 0.187 e. The van der Waals surface area contributed by atoms with Gasteiger partial charge in [0.2, 0.25) is 0 Å². The summed E-state index contributed by atoms with van der Waals surface area (Å²) in [5.74, 6) is 1.93. The molecule has 10 rings (SSSR count). The predicted molar refractivity (Wildman–Crippen MR) is 234 cm³/mol. The highest BCUT2D eigenvalue weighted by Gasteiger charge is 2.35. The zero-order valence-electron chi connectivity index (χ0n) is 31.6. The fourth-order valence-electron chi connectivity index (χ4n) is 8.36. The van der Waals surface area contributed by atoms with E-state index in [9.17, 15) is 0 Å². The maximum atomic E-state index is 7.55. The Kier molecular flexibility index (Phi) is 8.17. The van der Waals surface area contributed by atoms with Gasteiger partial charge in [-0.3, -0.25) is 0 Å². The number of fused-ring (bicyclic) bond motifs is 4. The molecule has 0 unspecified atom stereocenters. The van der Waals surface area contributed by atoms with Gasteiger partial charge in [0.15, 0.2) is 23.2 Å². The zero-order chi connectivity index (χ0) is 38.5. The van der Waals surface area contributed by atoms with Gasteiger partial charge >= 0.3 is 0 Å². The Morgan fingerprint density at radius 2 is 0.877 bits per heavy atom. The molecule has 1 aliphatic carbocycles. The Balaban J connectivity index is 1.02. The predicted octanol–water partition coefficient (Wildman–Crippen LogP) is 13.9. The third kappa shape index (κ3) is 5.98. The van der Waals surface area contributed by atoms with Crippen molar-refractivity contribution in [2.24, 2.45) is 0 Å². The van der Waals surface area contributed by atoms with Crippen molar-refractivity contribution >= 4 is 16.5 Å². The smallest absolute Gasteiger partial charge is 0.187 e. The molecule has 1 aliphatic rings. The first-order chi connectivity index (χ1) is 27.9. The standard InChI is InChI=1S/C53H36N4/c1-53(2)47-32-41(27-30-45(47)46-31-28-42(54-3)33-48(46)53)34-18-20-36(21-19-34)44-29-26-35-12-10-11-17-43(35)49(44)37-22-24-40(25-23-37)52-56-50(38-13-6-4-7-14-38)55-51(57-52)39-15-8-5-9-16-39/h4-33H,1-2H3. The Morgan fingerprint density at radius 1 is 0.404 bits per heavy atom. The van der Waals surface area contributed by atoms with Crippen molar-refractivity contribution in [1.29, 1.82) is 0 Å². The van der Waals surface area contributed by atoms with Crippen LogP contribution in [0.4, 0.5) is 5.69 Å². The van der Waals surface area contributed by atoms with Crippen LogP contribution in [0.25, 0.3) is 94.3 Å². The summed E-state index contributed by atoms with van der Waals surface area (Å²) < 4.78 is 0. The summed E-state index contributed by atoms with van der Waals surface area (Å²) in [4.78, 5) is 18.5. The molecule has 0 spiro atoms. The molecule has 0 fully saturated rings. The number of nitrogens with zero attached hydrogens (tertiary/aromatic N) is 4. The average molecular weight is 729 g/mol. The van der Waals surface area contributed by atoms with E-state index in [0.717, 1.165) is 27.8 Å². The lowest BCUT2D eigenvalue weighted by atomic mass is 9.81. The summed E-state index contributed by atoms with van der Waals surface area (Å²) in [5.41, 5.74) is 15.3. The number of aromatic nitrogens is 3. The first-order valence-corrected chi connectivity index (χ1v) is 19.2. The van der Waals surface area contributed by atoms with Crippen molar-refractivity contribution in [2.45, 2.75) is 19.3 Å². The third-order valence-corrected chi connectivity index (χ3v) is 11.4. The number of benzene rings is 8. The van der Waals surface area contributed by atoms with Gasteiger partial charge in [-0.15, -0.1) is 0 Å². The van der Waals surface area contributed by atoms with Crippen molar-refractivity contribution in [3.8, 4) is 78.7 Å². The third-order valence-electron chi connectivity index (χ3n) is 11.4. The SMILES string of the molecule is [C-]#[N+]c1ccc2c(c1)C(C)(C)c1cc(-c3ccc(-c4ccc5ccccc5c4-c4ccc(-c5nc(-c6ccccc6)nc(-c6ccccc6)n5)cc4)cc3)ccc1-2. The maximum absolute atomic E-state index is 7.55. The summed E-state index contributed by atoms with van der Waals surface area (Å²) in [7, 11) is 0. The molecule has 4 nitrogen and oxygen atoms in total. The fraction of sp³-hybridized carbons (Fsp3) is 0.0566. The Labute approximate surface area is 332 Å². The Hall–Kier alpha value is -7.48. The van der Waals surface area contributed by atoms with Crippen LogP contribution in [-0.2, 0) is 5.41 Å². The summed E-state index contributed by atoms with van der Waals surface area (Å²) in [5, 5.41) is 2.39. The van der Waals surface area contributed by atoms with Crippen molar-refractivity contribution in [1.82, 2.24) is 15.0 Å². The molecule has 268 valence electrons. The summed E-state index contributed by atoms with van der Waals surface area (Å²) in [6.45, 7) is 12.1. The second kappa shape index (κ2) is 13.7. The van der Waals surface area contributed by atoms with E-state index in [1.54, 1.807) is 0 Å². The van der Waals surface area contributed by atoms with E-state index < -0.39 is 0 Å². The van der Waals surface area contributed by atoms with Crippen LogP contribution in [0.15, 0.2) is 182 Å². The van der Waals surface area contributed by atoms with Crippen LogP contribution in [0.1, 0.15) is 25.0 Å². The van der Waals surface area contributed by atoms with Gasteiger partial charge in [-0.2, -0.15) is 0 Å². The monoisotopic (exact) mass is 728 g/mol. The molecular weight excluding hydrogens is 693 g/mol. The van der Waals surface area contributed by atoms with Crippen molar-refractivity contribution < 1.29 is 0 Å². The summed E-state index contributed by atoms with van der Waals surface area (Å²) in [6.07, 6.45) is 0. The summed E-state index contributed by atoms with van der Waals surface area (Å²) in [6, 6.07) is 63.7. The van der Waals surface area contributed by atoms with Gasteiger partial charge in [0.25, 0.3) is 0 Å². The van der Waals surface area contributed by atoms with Gasteiger partial charge in [0, 0.05) is 22.1 Å². The van der Waals surface area contributed by atoms with Gasteiger partial charge in [0.05, 0.1) is 6.57 Å². The molecule has 0 bridgehead atoms. The van der Waals surface area contributed by atoms with Crippen molar-refractivity contribution in [3.63, 3.8) is 0 Å². The van der Waals surface area contributed by atoms with Gasteiger partial charge in [-0.1, -0.05) is 190 Å². The van der Waals surface area contributed by atoms with Crippen LogP contribution in [-0.4, -0.2) is 15.0 Å². The van der Waals surface area contributed by atoms with Crippen LogP contribution in [0.3, 0.4) is 0 Å². The molecule has 0 aliphatic heterocycles. The fourth-order valence-corrected chi connectivity index (χ4v) is 8.36. The van der Waals surface area contributed by atoms with E-state index in [1.165, 1.54) is 55.3 Å². The van der Waals surface area contributed by atoms with Gasteiger partial charge in [-0.05, 0) is 72.5 Å². The lowest BCUT2D eigenvalue weighted by Crippen LogP contribution is -2.14. The van der Waals surface area contributed by atoms with Gasteiger partial charge in [-0.25, -0.2) is 19.8 Å². The second-order valence-electron chi connectivity index (χ2n) is 15.1. The molecular formula is C53H36N4. The minimum atomic E-state index is -0.186. The Bertz CT molecular complexity index is 2960. The minimum absolute atomic E-state index is 0.186. The van der Waals surface area contributed by atoms with E-state index >= 15 is 0 Å². The molecule has 9 aromatic rings. The largest absolute Gasteiger partial charge is 0.238 e. The van der Waals surface area contributed by atoms with Crippen LogP contribution >= 0.6 is 0 Å². The Morgan fingerprint density at radius 3 is 1.51 bits per heavy atom. The molecule has 0 saturated heterocycles. The molecule has 57 heavy (non-hydrogen) atoms.